The minimum absolute atomic E-state index is 0.0257. The summed E-state index contributed by atoms with van der Waals surface area (Å²) in [5.74, 6) is -0.296. The number of hydrogen-bond acceptors (Lipinski definition) is 3. The Morgan fingerprint density at radius 2 is 2.33 bits per heavy atom. The lowest BCUT2D eigenvalue weighted by Gasteiger charge is -2.34. The second-order valence-electron chi connectivity index (χ2n) is 4.83. The summed E-state index contributed by atoms with van der Waals surface area (Å²) in [6.07, 6.45) is 1.82. The number of hydrogen-bond donors (Lipinski definition) is 2. The van der Waals surface area contributed by atoms with Crippen molar-refractivity contribution in [1.29, 1.82) is 0 Å². The van der Waals surface area contributed by atoms with Gasteiger partial charge in [0.15, 0.2) is 0 Å². The van der Waals surface area contributed by atoms with E-state index < -0.39 is 0 Å². The van der Waals surface area contributed by atoms with E-state index in [1.54, 1.807) is 12.1 Å². The molecule has 1 aromatic carbocycles. The highest BCUT2D eigenvalue weighted by atomic mass is 79.9. The molecule has 1 saturated heterocycles. The van der Waals surface area contributed by atoms with Crippen LogP contribution in [0.4, 0.5) is 0 Å². The molecule has 2 N–H and O–H groups in total. The van der Waals surface area contributed by atoms with Gasteiger partial charge in [-0.3, -0.25) is 4.79 Å². The molecule has 5 heteroatoms. The lowest BCUT2D eigenvalue weighted by molar-refractivity contribution is 0.0272. The van der Waals surface area contributed by atoms with E-state index in [9.17, 15) is 9.90 Å². The standard InChI is InChI=1S/C13H16BrNO3/c1-13(5-2-6-18-8-13)15-12(17)10-4-3-9(14)7-11(10)16/h3-4,7,16H,2,5-6,8H2,1H3,(H,15,17). The second kappa shape index (κ2) is 5.28. The van der Waals surface area contributed by atoms with Crippen LogP contribution in [0.15, 0.2) is 22.7 Å². The third kappa shape index (κ3) is 3.03. The summed E-state index contributed by atoms with van der Waals surface area (Å²) in [7, 11) is 0. The predicted molar refractivity (Wildman–Crippen MR) is 71.7 cm³/mol. The van der Waals surface area contributed by atoms with Crippen LogP contribution in [0.1, 0.15) is 30.1 Å². The molecular weight excluding hydrogens is 298 g/mol. The monoisotopic (exact) mass is 313 g/mol. The Hall–Kier alpha value is -1.07. The molecule has 0 saturated carbocycles. The largest absolute Gasteiger partial charge is 0.507 e. The Balaban J connectivity index is 2.11. The zero-order valence-electron chi connectivity index (χ0n) is 10.2. The van der Waals surface area contributed by atoms with Crippen LogP contribution in [-0.2, 0) is 4.74 Å². The fourth-order valence-corrected chi connectivity index (χ4v) is 2.42. The van der Waals surface area contributed by atoms with Crippen molar-refractivity contribution >= 4 is 21.8 Å². The smallest absolute Gasteiger partial charge is 0.255 e. The Morgan fingerprint density at radius 3 is 2.94 bits per heavy atom. The van der Waals surface area contributed by atoms with Crippen LogP contribution in [0.5, 0.6) is 5.75 Å². The normalized spacial score (nSPS) is 23.7. The van der Waals surface area contributed by atoms with Gasteiger partial charge in [-0.25, -0.2) is 0 Å². The molecule has 1 aliphatic rings. The number of benzene rings is 1. The van der Waals surface area contributed by atoms with Gasteiger partial charge in [-0.15, -0.1) is 0 Å². The highest BCUT2D eigenvalue weighted by Crippen LogP contribution is 2.24. The first-order valence-electron chi connectivity index (χ1n) is 5.89. The van der Waals surface area contributed by atoms with Gasteiger partial charge in [0.1, 0.15) is 5.75 Å². The molecule has 0 bridgehead atoms. The molecule has 4 nitrogen and oxygen atoms in total. The summed E-state index contributed by atoms with van der Waals surface area (Å²) in [6, 6.07) is 4.84. The number of rotatable bonds is 2. The average Bonchev–Trinajstić information content (AvgIpc) is 2.28. The van der Waals surface area contributed by atoms with E-state index in [-0.39, 0.29) is 22.8 Å². The summed E-state index contributed by atoms with van der Waals surface area (Å²) in [6.45, 7) is 3.21. The van der Waals surface area contributed by atoms with Gasteiger partial charge in [-0.1, -0.05) is 15.9 Å². The summed E-state index contributed by atoms with van der Waals surface area (Å²) in [5, 5.41) is 12.7. The molecule has 1 fully saturated rings. The van der Waals surface area contributed by atoms with Crippen molar-refractivity contribution in [3.05, 3.63) is 28.2 Å². The fraction of sp³-hybridized carbons (Fsp3) is 0.462. The highest BCUT2D eigenvalue weighted by Gasteiger charge is 2.30. The van der Waals surface area contributed by atoms with Gasteiger partial charge in [0, 0.05) is 11.1 Å². The Labute approximate surface area is 114 Å². The maximum Gasteiger partial charge on any atom is 0.255 e. The van der Waals surface area contributed by atoms with E-state index in [1.165, 1.54) is 6.07 Å². The van der Waals surface area contributed by atoms with Gasteiger partial charge in [-0.05, 0) is 38.0 Å². The molecule has 0 spiro atoms. The number of carbonyl (C=O) groups is 1. The van der Waals surface area contributed by atoms with Crippen LogP contribution >= 0.6 is 15.9 Å². The van der Waals surface area contributed by atoms with Crippen LogP contribution in [0.2, 0.25) is 0 Å². The summed E-state index contributed by atoms with van der Waals surface area (Å²) >= 11 is 3.24. The third-order valence-electron chi connectivity index (χ3n) is 3.06. The topological polar surface area (TPSA) is 58.6 Å². The van der Waals surface area contributed by atoms with Gasteiger partial charge < -0.3 is 15.2 Å². The Morgan fingerprint density at radius 1 is 1.56 bits per heavy atom. The molecular formula is C13H16BrNO3. The number of aromatic hydroxyl groups is 1. The quantitative estimate of drug-likeness (QED) is 0.881. The zero-order chi connectivity index (χ0) is 13.2. The maximum absolute atomic E-state index is 12.1. The van der Waals surface area contributed by atoms with Crippen molar-refractivity contribution < 1.29 is 14.6 Å². The predicted octanol–water partition coefficient (Wildman–Crippen LogP) is 2.45. The summed E-state index contributed by atoms with van der Waals surface area (Å²) < 4.78 is 6.13. The Bertz CT molecular complexity index is 456. The van der Waals surface area contributed by atoms with Crippen LogP contribution in [0, 0.1) is 0 Å². The second-order valence-corrected chi connectivity index (χ2v) is 5.75. The van der Waals surface area contributed by atoms with Gasteiger partial charge in [0.05, 0.1) is 17.7 Å². The molecule has 2 rings (SSSR count). The number of amides is 1. The van der Waals surface area contributed by atoms with E-state index in [0.29, 0.717) is 6.61 Å². The zero-order valence-corrected chi connectivity index (χ0v) is 11.8. The molecule has 1 atom stereocenters. The molecule has 0 aromatic heterocycles. The average molecular weight is 314 g/mol. The minimum atomic E-state index is -0.352. The van der Waals surface area contributed by atoms with Gasteiger partial charge in [0.2, 0.25) is 0 Å². The fourth-order valence-electron chi connectivity index (χ4n) is 2.07. The van der Waals surface area contributed by atoms with Crippen LogP contribution in [0.25, 0.3) is 0 Å². The number of phenolic OH excluding ortho intramolecular Hbond substituents is 1. The van der Waals surface area contributed by atoms with Gasteiger partial charge in [0.25, 0.3) is 5.91 Å². The first kappa shape index (κ1) is 13.4. The molecule has 18 heavy (non-hydrogen) atoms. The number of halogens is 1. The van der Waals surface area contributed by atoms with Crippen molar-refractivity contribution in [1.82, 2.24) is 5.32 Å². The van der Waals surface area contributed by atoms with Crippen LogP contribution in [-0.4, -0.2) is 29.8 Å². The molecule has 1 aromatic rings. The van der Waals surface area contributed by atoms with E-state index in [2.05, 4.69) is 21.2 Å². The minimum Gasteiger partial charge on any atom is -0.507 e. The van der Waals surface area contributed by atoms with Crippen molar-refractivity contribution in [3.63, 3.8) is 0 Å². The molecule has 1 heterocycles. The molecule has 98 valence electrons. The lowest BCUT2D eigenvalue weighted by atomic mass is 9.94. The van der Waals surface area contributed by atoms with Crippen molar-refractivity contribution in [2.24, 2.45) is 0 Å². The molecule has 0 aliphatic carbocycles. The summed E-state index contributed by atoms with van der Waals surface area (Å²) in [4.78, 5) is 12.1. The first-order chi connectivity index (χ1) is 8.50. The number of carbonyl (C=O) groups excluding carboxylic acids is 1. The van der Waals surface area contributed by atoms with Crippen LogP contribution < -0.4 is 5.32 Å². The molecule has 1 unspecified atom stereocenters. The lowest BCUT2D eigenvalue weighted by Crippen LogP contribution is -2.51. The number of ether oxygens (including phenoxy) is 1. The van der Waals surface area contributed by atoms with Gasteiger partial charge >= 0.3 is 0 Å². The molecule has 0 radical (unpaired) electrons. The summed E-state index contributed by atoms with van der Waals surface area (Å²) in [5.41, 5.74) is -0.0699. The third-order valence-corrected chi connectivity index (χ3v) is 3.55. The van der Waals surface area contributed by atoms with E-state index >= 15 is 0 Å². The maximum atomic E-state index is 12.1. The highest BCUT2D eigenvalue weighted by molar-refractivity contribution is 9.10. The van der Waals surface area contributed by atoms with Crippen molar-refractivity contribution in [2.75, 3.05) is 13.2 Å². The van der Waals surface area contributed by atoms with Gasteiger partial charge in [-0.2, -0.15) is 0 Å². The number of nitrogens with one attached hydrogen (secondary N) is 1. The molecule has 1 aliphatic heterocycles. The number of phenols is 1. The molecule has 1 amide bonds. The van der Waals surface area contributed by atoms with E-state index in [1.807, 2.05) is 6.92 Å². The van der Waals surface area contributed by atoms with Crippen molar-refractivity contribution in [2.45, 2.75) is 25.3 Å². The van der Waals surface area contributed by atoms with Crippen LogP contribution in [0.3, 0.4) is 0 Å². The van der Waals surface area contributed by atoms with E-state index in [4.69, 9.17) is 4.74 Å². The van der Waals surface area contributed by atoms with E-state index in [0.717, 1.165) is 23.9 Å². The Kier molecular flexibility index (Phi) is 3.92. The first-order valence-corrected chi connectivity index (χ1v) is 6.68. The van der Waals surface area contributed by atoms with Crippen molar-refractivity contribution in [3.8, 4) is 5.75 Å². The SMILES string of the molecule is CC1(NC(=O)c2ccc(Br)cc2O)CCCOC1.